The number of hydrogen-bond donors (Lipinski definition) is 2. The fourth-order valence-corrected chi connectivity index (χ4v) is 2.85. The van der Waals surface area contributed by atoms with Gasteiger partial charge in [0.05, 0.1) is 6.54 Å². The molecule has 6 nitrogen and oxygen atoms in total. The summed E-state index contributed by atoms with van der Waals surface area (Å²) in [5, 5.41) is 3.96. The Morgan fingerprint density at radius 3 is 2.42 bits per heavy atom. The largest absolute Gasteiger partial charge is 0.405 e. The maximum absolute atomic E-state index is 12.6. The zero-order chi connectivity index (χ0) is 19.3. The van der Waals surface area contributed by atoms with Crippen LogP contribution in [0.3, 0.4) is 0 Å². The summed E-state index contributed by atoms with van der Waals surface area (Å²) in [6.45, 7) is -1.64. The van der Waals surface area contributed by atoms with Gasteiger partial charge in [-0.3, -0.25) is 14.4 Å². The third kappa shape index (κ3) is 5.72. The molecule has 1 fully saturated rings. The molecule has 0 spiro atoms. The van der Waals surface area contributed by atoms with Gasteiger partial charge in [0.15, 0.2) is 0 Å². The fraction of sp³-hybridized carbons (Fsp3) is 0.438. The van der Waals surface area contributed by atoms with Crippen molar-refractivity contribution in [2.24, 2.45) is 0 Å². The Hall–Kier alpha value is -2.10. The van der Waals surface area contributed by atoms with Crippen LogP contribution in [0.4, 0.5) is 13.2 Å². The van der Waals surface area contributed by atoms with Gasteiger partial charge in [0.1, 0.15) is 12.6 Å². The summed E-state index contributed by atoms with van der Waals surface area (Å²) in [5.74, 6) is -1.81. The van der Waals surface area contributed by atoms with E-state index in [1.54, 1.807) is 29.6 Å². The lowest BCUT2D eigenvalue weighted by Crippen LogP contribution is -2.48. The predicted octanol–water partition coefficient (Wildman–Crippen LogP) is 1.85. The maximum atomic E-state index is 12.6. The second-order valence-electron chi connectivity index (χ2n) is 5.77. The number of rotatable bonds is 5. The van der Waals surface area contributed by atoms with E-state index in [0.29, 0.717) is 24.9 Å². The van der Waals surface area contributed by atoms with E-state index in [9.17, 15) is 27.6 Å². The van der Waals surface area contributed by atoms with Crippen LogP contribution in [-0.4, -0.2) is 54.5 Å². The molecule has 1 atom stereocenters. The first kappa shape index (κ1) is 20.2. The van der Waals surface area contributed by atoms with Gasteiger partial charge in [-0.15, -0.1) is 0 Å². The minimum absolute atomic E-state index is 0.309. The van der Waals surface area contributed by atoms with Gasteiger partial charge in [-0.25, -0.2) is 0 Å². The molecular weight excluding hydrogens is 419 g/mol. The Kier molecular flexibility index (Phi) is 6.63. The first-order chi connectivity index (χ1) is 12.2. The van der Waals surface area contributed by atoms with Crippen molar-refractivity contribution in [2.45, 2.75) is 25.1 Å². The molecule has 1 heterocycles. The van der Waals surface area contributed by atoms with E-state index in [0.717, 1.165) is 4.47 Å². The van der Waals surface area contributed by atoms with E-state index in [1.807, 2.05) is 0 Å². The van der Waals surface area contributed by atoms with E-state index >= 15 is 0 Å². The Morgan fingerprint density at radius 2 is 1.81 bits per heavy atom. The van der Waals surface area contributed by atoms with Gasteiger partial charge in [0.25, 0.3) is 5.91 Å². The van der Waals surface area contributed by atoms with Crippen molar-refractivity contribution >= 4 is 33.7 Å². The van der Waals surface area contributed by atoms with Gasteiger partial charge in [0.2, 0.25) is 11.8 Å². The van der Waals surface area contributed by atoms with Crippen LogP contribution in [0.15, 0.2) is 28.7 Å². The highest BCUT2D eigenvalue weighted by atomic mass is 79.9. The average molecular weight is 436 g/mol. The fourth-order valence-electron chi connectivity index (χ4n) is 2.59. The number of carbonyl (C=O) groups is 3. The summed E-state index contributed by atoms with van der Waals surface area (Å²) in [7, 11) is 0. The molecule has 10 heteroatoms. The lowest BCUT2D eigenvalue weighted by Gasteiger charge is -2.24. The number of halogens is 4. The topological polar surface area (TPSA) is 78.5 Å². The molecule has 1 aromatic rings. The van der Waals surface area contributed by atoms with Gasteiger partial charge in [-0.2, -0.15) is 13.2 Å². The van der Waals surface area contributed by atoms with Crippen LogP contribution >= 0.6 is 15.9 Å². The molecule has 0 saturated carbocycles. The first-order valence-electron chi connectivity index (χ1n) is 7.85. The van der Waals surface area contributed by atoms with Crippen molar-refractivity contribution in [1.29, 1.82) is 0 Å². The zero-order valence-corrected chi connectivity index (χ0v) is 15.2. The van der Waals surface area contributed by atoms with Crippen molar-refractivity contribution < 1.29 is 27.6 Å². The standard InChI is InChI=1S/C16H17BrF3N3O3/c17-11-5-3-10(4-6-11)15(26)23-7-1-2-12(23)14(25)21-8-13(24)22-9-16(18,19)20/h3-6,12H,1-2,7-9H2,(H,21,25)(H,22,24). The lowest BCUT2D eigenvalue weighted by molar-refractivity contribution is -0.138. The van der Waals surface area contributed by atoms with Crippen molar-refractivity contribution in [1.82, 2.24) is 15.5 Å². The van der Waals surface area contributed by atoms with Crippen molar-refractivity contribution in [3.63, 3.8) is 0 Å². The normalized spacial score (nSPS) is 17.1. The number of nitrogens with one attached hydrogen (secondary N) is 2. The summed E-state index contributed by atoms with van der Waals surface area (Å²) in [6.07, 6.45) is -3.46. The van der Waals surface area contributed by atoms with E-state index in [1.165, 1.54) is 4.90 Å². The number of likely N-dealkylation sites (tertiary alicyclic amines) is 1. The molecule has 0 bridgehead atoms. The summed E-state index contributed by atoms with van der Waals surface area (Å²) in [6, 6.07) is 5.93. The molecule has 0 aromatic heterocycles. The summed E-state index contributed by atoms with van der Waals surface area (Å²) in [4.78, 5) is 37.6. The van der Waals surface area contributed by atoms with E-state index in [2.05, 4.69) is 21.2 Å². The molecule has 1 saturated heterocycles. The molecule has 3 amide bonds. The highest BCUT2D eigenvalue weighted by molar-refractivity contribution is 9.10. The van der Waals surface area contributed by atoms with Crippen molar-refractivity contribution in [2.75, 3.05) is 19.6 Å². The monoisotopic (exact) mass is 435 g/mol. The van der Waals surface area contributed by atoms with Crippen LogP contribution in [0.2, 0.25) is 0 Å². The van der Waals surface area contributed by atoms with Crippen molar-refractivity contribution in [3.05, 3.63) is 34.3 Å². The zero-order valence-electron chi connectivity index (χ0n) is 13.6. The number of amides is 3. The van der Waals surface area contributed by atoms with Crippen LogP contribution in [0.5, 0.6) is 0 Å². The van der Waals surface area contributed by atoms with E-state index in [4.69, 9.17) is 0 Å². The number of nitrogens with zero attached hydrogens (tertiary/aromatic N) is 1. The van der Waals surface area contributed by atoms with E-state index in [-0.39, 0.29) is 5.91 Å². The highest BCUT2D eigenvalue weighted by Crippen LogP contribution is 2.21. The second-order valence-corrected chi connectivity index (χ2v) is 6.69. The van der Waals surface area contributed by atoms with E-state index < -0.39 is 37.1 Å². The number of alkyl halides is 3. The van der Waals surface area contributed by atoms with Gasteiger partial charge in [0, 0.05) is 16.6 Å². The summed E-state index contributed by atoms with van der Waals surface area (Å²) >= 11 is 3.27. The van der Waals surface area contributed by atoms with Crippen LogP contribution in [0.1, 0.15) is 23.2 Å². The number of benzene rings is 1. The van der Waals surface area contributed by atoms with Gasteiger partial charge in [-0.05, 0) is 37.1 Å². The third-order valence-electron chi connectivity index (χ3n) is 3.82. The minimum Gasteiger partial charge on any atom is -0.345 e. The van der Waals surface area contributed by atoms with Gasteiger partial charge < -0.3 is 15.5 Å². The third-order valence-corrected chi connectivity index (χ3v) is 4.35. The summed E-state index contributed by atoms with van der Waals surface area (Å²) < 4.78 is 36.9. The molecule has 142 valence electrons. The molecule has 2 N–H and O–H groups in total. The highest BCUT2D eigenvalue weighted by Gasteiger charge is 2.34. The molecule has 26 heavy (non-hydrogen) atoms. The lowest BCUT2D eigenvalue weighted by atomic mass is 10.1. The van der Waals surface area contributed by atoms with Crippen molar-refractivity contribution in [3.8, 4) is 0 Å². The molecular formula is C16H17BrF3N3O3. The Morgan fingerprint density at radius 1 is 1.15 bits per heavy atom. The Labute approximate surface area is 156 Å². The first-order valence-corrected chi connectivity index (χ1v) is 8.64. The smallest absolute Gasteiger partial charge is 0.345 e. The molecule has 1 aromatic carbocycles. The predicted molar refractivity (Wildman–Crippen MR) is 90.3 cm³/mol. The molecule has 2 rings (SSSR count). The Balaban J connectivity index is 1.90. The van der Waals surface area contributed by atoms with Crippen LogP contribution < -0.4 is 10.6 Å². The molecule has 1 aliphatic rings. The molecule has 1 aliphatic heterocycles. The molecule has 0 radical (unpaired) electrons. The van der Waals surface area contributed by atoms with Gasteiger partial charge in [-0.1, -0.05) is 15.9 Å². The van der Waals surface area contributed by atoms with Gasteiger partial charge >= 0.3 is 6.18 Å². The number of carbonyl (C=O) groups excluding carboxylic acids is 3. The molecule has 1 unspecified atom stereocenters. The number of hydrogen-bond acceptors (Lipinski definition) is 3. The molecule has 0 aliphatic carbocycles. The quantitative estimate of drug-likeness (QED) is 0.740. The second kappa shape index (κ2) is 8.52. The SMILES string of the molecule is O=C(CNC(=O)C1CCCN1C(=O)c1ccc(Br)cc1)NCC(F)(F)F. The van der Waals surface area contributed by atoms with Crippen LogP contribution in [-0.2, 0) is 9.59 Å². The maximum Gasteiger partial charge on any atom is 0.405 e. The average Bonchev–Trinajstić information content (AvgIpc) is 3.07. The summed E-state index contributed by atoms with van der Waals surface area (Å²) in [5.41, 5.74) is 0.427. The minimum atomic E-state index is -4.51. The Bertz CT molecular complexity index is 680. The van der Waals surface area contributed by atoms with Crippen LogP contribution in [0.25, 0.3) is 0 Å². The van der Waals surface area contributed by atoms with Crippen LogP contribution in [0, 0.1) is 0 Å².